The van der Waals surface area contributed by atoms with E-state index in [4.69, 9.17) is 21.6 Å². The van der Waals surface area contributed by atoms with Gasteiger partial charge in [-0.05, 0) is 30.5 Å². The minimum atomic E-state index is 0.170. The molecular formula is C14H19NO2. The summed E-state index contributed by atoms with van der Waals surface area (Å²) in [7, 11) is 1.61. The summed E-state index contributed by atoms with van der Waals surface area (Å²) in [5.74, 6) is 3.80. The van der Waals surface area contributed by atoms with Gasteiger partial charge in [-0.25, -0.2) is 0 Å². The Labute approximate surface area is 103 Å². The van der Waals surface area contributed by atoms with Crippen LogP contribution in [-0.2, 0) is 6.42 Å². The van der Waals surface area contributed by atoms with Crippen LogP contribution >= 0.6 is 0 Å². The fourth-order valence-electron chi connectivity index (χ4n) is 1.53. The molecule has 3 nitrogen and oxygen atoms in total. The third kappa shape index (κ3) is 4.01. The highest BCUT2D eigenvalue weighted by Crippen LogP contribution is 2.28. The summed E-state index contributed by atoms with van der Waals surface area (Å²) in [5.41, 5.74) is 7.05. The molecule has 0 bridgehead atoms. The van der Waals surface area contributed by atoms with E-state index in [1.807, 2.05) is 18.2 Å². The maximum absolute atomic E-state index is 5.92. The zero-order valence-electron chi connectivity index (χ0n) is 10.4. The SMILES string of the molecule is C#CCOc1cc(CC(N)CC)ccc1OC. The Bertz CT molecular complexity index is 396. The topological polar surface area (TPSA) is 44.5 Å². The first-order chi connectivity index (χ1) is 8.21. The molecule has 1 aromatic carbocycles. The highest BCUT2D eigenvalue weighted by atomic mass is 16.5. The molecule has 0 radical (unpaired) electrons. The van der Waals surface area contributed by atoms with Crippen molar-refractivity contribution in [2.75, 3.05) is 13.7 Å². The number of hydrogen-bond acceptors (Lipinski definition) is 3. The fourth-order valence-corrected chi connectivity index (χ4v) is 1.53. The summed E-state index contributed by atoms with van der Waals surface area (Å²) in [6.07, 6.45) is 6.95. The lowest BCUT2D eigenvalue weighted by Crippen LogP contribution is -2.21. The van der Waals surface area contributed by atoms with Crippen LogP contribution < -0.4 is 15.2 Å². The van der Waals surface area contributed by atoms with Gasteiger partial charge in [-0.1, -0.05) is 18.9 Å². The Morgan fingerprint density at radius 2 is 2.18 bits per heavy atom. The number of terminal acetylenes is 1. The summed E-state index contributed by atoms with van der Waals surface area (Å²) in [5, 5.41) is 0. The van der Waals surface area contributed by atoms with Crippen LogP contribution in [0.3, 0.4) is 0 Å². The number of nitrogens with two attached hydrogens (primary N) is 1. The molecule has 17 heavy (non-hydrogen) atoms. The quantitative estimate of drug-likeness (QED) is 0.764. The van der Waals surface area contributed by atoms with Crippen molar-refractivity contribution in [1.82, 2.24) is 0 Å². The van der Waals surface area contributed by atoms with Gasteiger partial charge in [0.05, 0.1) is 7.11 Å². The van der Waals surface area contributed by atoms with E-state index < -0.39 is 0 Å². The maximum atomic E-state index is 5.92. The lowest BCUT2D eigenvalue weighted by atomic mass is 10.0. The van der Waals surface area contributed by atoms with Crippen LogP contribution in [0.1, 0.15) is 18.9 Å². The van der Waals surface area contributed by atoms with Crippen LogP contribution in [0.2, 0.25) is 0 Å². The van der Waals surface area contributed by atoms with Crippen molar-refractivity contribution >= 4 is 0 Å². The Hall–Kier alpha value is -1.66. The number of benzene rings is 1. The molecule has 0 heterocycles. The summed E-state index contributed by atoms with van der Waals surface area (Å²) in [4.78, 5) is 0. The van der Waals surface area contributed by atoms with Gasteiger partial charge in [0.15, 0.2) is 11.5 Å². The molecule has 0 aliphatic heterocycles. The summed E-state index contributed by atoms with van der Waals surface area (Å²) < 4.78 is 10.6. The third-order valence-electron chi connectivity index (χ3n) is 2.56. The van der Waals surface area contributed by atoms with Crippen LogP contribution in [-0.4, -0.2) is 19.8 Å². The second kappa shape index (κ2) is 6.82. The standard InChI is InChI=1S/C14H19NO2/c1-4-8-17-14-10-11(9-12(15)5-2)6-7-13(14)16-3/h1,6-7,10,12H,5,8-9,15H2,2-3H3. The molecule has 1 unspecified atom stereocenters. The second-order valence-corrected chi connectivity index (χ2v) is 3.85. The molecule has 1 aromatic rings. The van der Waals surface area contributed by atoms with Gasteiger partial charge in [0.1, 0.15) is 6.61 Å². The van der Waals surface area contributed by atoms with Crippen LogP contribution in [0, 0.1) is 12.3 Å². The monoisotopic (exact) mass is 233 g/mol. The smallest absolute Gasteiger partial charge is 0.162 e. The largest absolute Gasteiger partial charge is 0.493 e. The average molecular weight is 233 g/mol. The van der Waals surface area contributed by atoms with Crippen molar-refractivity contribution in [2.45, 2.75) is 25.8 Å². The lowest BCUT2D eigenvalue weighted by Gasteiger charge is -2.13. The highest BCUT2D eigenvalue weighted by Gasteiger charge is 2.07. The zero-order chi connectivity index (χ0) is 12.7. The maximum Gasteiger partial charge on any atom is 0.162 e. The second-order valence-electron chi connectivity index (χ2n) is 3.85. The van der Waals surface area contributed by atoms with Crippen molar-refractivity contribution < 1.29 is 9.47 Å². The lowest BCUT2D eigenvalue weighted by molar-refractivity contribution is 0.330. The van der Waals surface area contributed by atoms with Gasteiger partial charge in [-0.2, -0.15) is 0 Å². The molecular weight excluding hydrogens is 214 g/mol. The minimum absolute atomic E-state index is 0.170. The molecule has 0 aromatic heterocycles. The third-order valence-corrected chi connectivity index (χ3v) is 2.56. The van der Waals surface area contributed by atoms with Crippen molar-refractivity contribution in [3.63, 3.8) is 0 Å². The zero-order valence-corrected chi connectivity index (χ0v) is 10.4. The number of hydrogen-bond donors (Lipinski definition) is 1. The van der Waals surface area contributed by atoms with Crippen LogP contribution in [0.4, 0.5) is 0 Å². The van der Waals surface area contributed by atoms with Gasteiger partial charge in [0.2, 0.25) is 0 Å². The van der Waals surface area contributed by atoms with E-state index in [0.717, 1.165) is 18.4 Å². The van der Waals surface area contributed by atoms with Crippen LogP contribution in [0.5, 0.6) is 11.5 Å². The number of ether oxygens (including phenoxy) is 2. The normalized spacial score (nSPS) is 11.6. The van der Waals surface area contributed by atoms with Crippen LogP contribution in [0.25, 0.3) is 0 Å². The fraction of sp³-hybridized carbons (Fsp3) is 0.429. The van der Waals surface area contributed by atoms with E-state index in [9.17, 15) is 0 Å². The summed E-state index contributed by atoms with van der Waals surface area (Å²) in [6.45, 7) is 2.31. The van der Waals surface area contributed by atoms with Gasteiger partial charge in [-0.3, -0.25) is 0 Å². The minimum Gasteiger partial charge on any atom is -0.493 e. The Morgan fingerprint density at radius 1 is 1.41 bits per heavy atom. The van der Waals surface area contributed by atoms with Gasteiger partial charge < -0.3 is 15.2 Å². The summed E-state index contributed by atoms with van der Waals surface area (Å²) in [6, 6.07) is 5.98. The van der Waals surface area contributed by atoms with Crippen molar-refractivity contribution in [3.8, 4) is 23.8 Å². The van der Waals surface area contributed by atoms with Gasteiger partial charge >= 0.3 is 0 Å². The molecule has 92 valence electrons. The summed E-state index contributed by atoms with van der Waals surface area (Å²) >= 11 is 0. The first-order valence-electron chi connectivity index (χ1n) is 5.70. The Kier molecular flexibility index (Phi) is 5.38. The number of rotatable bonds is 6. The van der Waals surface area contributed by atoms with E-state index in [-0.39, 0.29) is 12.6 Å². The molecule has 0 amide bonds. The number of methoxy groups -OCH3 is 1. The molecule has 0 aliphatic rings. The molecule has 3 heteroatoms. The first-order valence-corrected chi connectivity index (χ1v) is 5.70. The van der Waals surface area contributed by atoms with Crippen LogP contribution in [0.15, 0.2) is 18.2 Å². The average Bonchev–Trinajstić information content (AvgIpc) is 2.36. The van der Waals surface area contributed by atoms with E-state index in [2.05, 4.69) is 12.8 Å². The molecule has 2 N–H and O–H groups in total. The molecule has 0 fully saturated rings. The predicted molar refractivity (Wildman–Crippen MR) is 69.3 cm³/mol. The predicted octanol–water partition coefficient (Wildman–Crippen LogP) is 1.99. The van der Waals surface area contributed by atoms with Gasteiger partial charge in [-0.15, -0.1) is 6.42 Å². The Morgan fingerprint density at radius 3 is 2.76 bits per heavy atom. The van der Waals surface area contributed by atoms with Gasteiger partial charge in [0, 0.05) is 6.04 Å². The molecule has 0 aliphatic carbocycles. The molecule has 1 rings (SSSR count). The van der Waals surface area contributed by atoms with Crippen molar-refractivity contribution in [3.05, 3.63) is 23.8 Å². The molecule has 0 spiro atoms. The highest BCUT2D eigenvalue weighted by molar-refractivity contribution is 5.43. The Balaban J connectivity index is 2.84. The van der Waals surface area contributed by atoms with Crippen molar-refractivity contribution in [2.24, 2.45) is 5.73 Å². The first kappa shape index (κ1) is 13.4. The molecule has 0 saturated heterocycles. The van der Waals surface area contributed by atoms with E-state index in [0.29, 0.717) is 11.5 Å². The van der Waals surface area contributed by atoms with Gasteiger partial charge in [0.25, 0.3) is 0 Å². The van der Waals surface area contributed by atoms with E-state index in [1.165, 1.54) is 0 Å². The molecule has 0 saturated carbocycles. The van der Waals surface area contributed by atoms with Crippen molar-refractivity contribution in [1.29, 1.82) is 0 Å². The molecule has 1 atom stereocenters. The van der Waals surface area contributed by atoms with E-state index >= 15 is 0 Å². The van der Waals surface area contributed by atoms with E-state index in [1.54, 1.807) is 7.11 Å².